The molecule has 1 aromatic carbocycles. The lowest BCUT2D eigenvalue weighted by Gasteiger charge is -2.48. The predicted molar refractivity (Wildman–Crippen MR) is 158 cm³/mol. The van der Waals surface area contributed by atoms with E-state index in [-0.39, 0.29) is 22.1 Å². The van der Waals surface area contributed by atoms with E-state index in [1.807, 2.05) is 24.3 Å². The summed E-state index contributed by atoms with van der Waals surface area (Å²) in [5.41, 5.74) is 0.655. The third kappa shape index (κ3) is 6.43. The van der Waals surface area contributed by atoms with Gasteiger partial charge in [-0.15, -0.1) is 6.58 Å². The maximum atomic E-state index is 14.4. The topological polar surface area (TPSA) is 38.8 Å². The molecule has 0 N–H and O–H groups in total. The molecule has 3 atom stereocenters. The van der Waals surface area contributed by atoms with E-state index < -0.39 is 28.3 Å². The van der Waals surface area contributed by atoms with Crippen molar-refractivity contribution in [2.24, 2.45) is 0 Å². The van der Waals surface area contributed by atoms with E-state index in [4.69, 9.17) is 8.85 Å². The zero-order valence-electron chi connectivity index (χ0n) is 25.0. The monoisotopic (exact) mass is 531 g/mol. The molecule has 1 saturated heterocycles. The summed E-state index contributed by atoms with van der Waals surface area (Å²) in [6.07, 6.45) is 4.72. The van der Waals surface area contributed by atoms with Gasteiger partial charge in [0.05, 0.1) is 5.54 Å². The number of unbranched alkanes of at least 4 members (excludes halogenated alkanes) is 1. The third-order valence-electron chi connectivity index (χ3n) is 8.95. The number of amides is 1. The van der Waals surface area contributed by atoms with Gasteiger partial charge in [0.25, 0.3) is 5.91 Å². The van der Waals surface area contributed by atoms with Crippen LogP contribution in [0.1, 0.15) is 79.7 Å². The highest BCUT2D eigenvalue weighted by Crippen LogP contribution is 2.49. The summed E-state index contributed by atoms with van der Waals surface area (Å²) in [5, 5.41) is 0.0151. The van der Waals surface area contributed by atoms with Gasteiger partial charge in [-0.25, -0.2) is 0 Å². The highest BCUT2D eigenvalue weighted by molar-refractivity contribution is 6.74. The Morgan fingerprint density at radius 1 is 0.972 bits per heavy atom. The van der Waals surface area contributed by atoms with Crippen molar-refractivity contribution >= 4 is 22.5 Å². The molecular formula is C30H53NO3Si2. The minimum absolute atomic E-state index is 0.00777. The number of nitrogens with zero attached hydrogens (tertiary/aromatic N) is 1. The number of benzene rings is 1. The molecule has 0 unspecified atom stereocenters. The van der Waals surface area contributed by atoms with Crippen molar-refractivity contribution < 1.29 is 13.6 Å². The summed E-state index contributed by atoms with van der Waals surface area (Å²) in [4.78, 5) is 16.5. The second-order valence-electron chi connectivity index (χ2n) is 13.7. The number of rotatable bonds is 11. The van der Waals surface area contributed by atoms with Gasteiger partial charge in [0.2, 0.25) is 0 Å². The number of hydrogen-bond donors (Lipinski definition) is 0. The maximum absolute atomic E-state index is 14.4. The lowest BCUT2D eigenvalue weighted by molar-refractivity contribution is -0.137. The number of carbonyl (C=O) groups excluding carboxylic acids is 1. The van der Waals surface area contributed by atoms with Crippen LogP contribution in [0.2, 0.25) is 36.3 Å². The normalized spacial score (nSPS) is 23.9. The summed E-state index contributed by atoms with van der Waals surface area (Å²) >= 11 is 0. The molecule has 36 heavy (non-hydrogen) atoms. The maximum Gasteiger partial charge on any atom is 0.254 e. The van der Waals surface area contributed by atoms with Crippen LogP contribution >= 0.6 is 0 Å². The van der Waals surface area contributed by atoms with Crippen molar-refractivity contribution in [2.75, 3.05) is 0 Å². The molecule has 1 aromatic rings. The minimum Gasteiger partial charge on any atom is -0.408 e. The summed E-state index contributed by atoms with van der Waals surface area (Å²) < 4.78 is 14.3. The lowest BCUT2D eigenvalue weighted by Crippen LogP contribution is -2.58. The number of likely N-dealkylation sites (tertiary alicyclic amines) is 1. The Balaban J connectivity index is 2.73. The zero-order chi connectivity index (χ0) is 27.6. The van der Waals surface area contributed by atoms with Crippen LogP contribution in [0.5, 0.6) is 0 Å². The van der Waals surface area contributed by atoms with Crippen LogP contribution < -0.4 is 0 Å². The Labute approximate surface area is 224 Å². The first-order valence-electron chi connectivity index (χ1n) is 13.8. The first-order chi connectivity index (χ1) is 16.4. The molecule has 1 heterocycles. The molecule has 0 saturated carbocycles. The van der Waals surface area contributed by atoms with Gasteiger partial charge in [-0.2, -0.15) is 0 Å². The molecule has 204 valence electrons. The Bertz CT molecular complexity index is 886. The van der Waals surface area contributed by atoms with Crippen molar-refractivity contribution in [2.45, 2.75) is 135 Å². The molecule has 0 aliphatic carbocycles. The van der Waals surface area contributed by atoms with E-state index in [1.54, 1.807) is 0 Å². The zero-order valence-corrected chi connectivity index (χ0v) is 27.0. The van der Waals surface area contributed by atoms with Crippen molar-refractivity contribution in [3.05, 3.63) is 48.6 Å². The molecule has 0 aromatic heterocycles. The molecular weight excluding hydrogens is 479 g/mol. The van der Waals surface area contributed by atoms with E-state index in [2.05, 4.69) is 98.3 Å². The standard InChI is InChI=1S/C30H53NO3Si2/c1-13-15-22-30(21-14-2)26(34-36(11,12)29(6,7)8)25(33-35(9,10)28(3,4)5)27(32)31(30)23-24-19-17-16-18-20-24/h14,16-20,25-26H,2,13,15,21-23H2,1,3-12H3/t25-,26-,30+/m1/s1. The van der Waals surface area contributed by atoms with E-state index in [9.17, 15) is 4.79 Å². The molecule has 1 amide bonds. The molecule has 6 heteroatoms. The minimum atomic E-state index is -2.25. The number of carbonyl (C=O) groups is 1. The van der Waals surface area contributed by atoms with Gasteiger partial charge in [0.1, 0.15) is 6.10 Å². The van der Waals surface area contributed by atoms with Crippen molar-refractivity contribution in [3.63, 3.8) is 0 Å². The van der Waals surface area contributed by atoms with Crippen LogP contribution in [0, 0.1) is 0 Å². The van der Waals surface area contributed by atoms with Gasteiger partial charge < -0.3 is 13.8 Å². The van der Waals surface area contributed by atoms with Crippen molar-refractivity contribution in [1.82, 2.24) is 4.90 Å². The van der Waals surface area contributed by atoms with Gasteiger partial charge in [-0.1, -0.05) is 97.7 Å². The second-order valence-corrected chi connectivity index (χ2v) is 23.2. The van der Waals surface area contributed by atoms with Crippen LogP contribution in [0.15, 0.2) is 43.0 Å². The third-order valence-corrected chi connectivity index (χ3v) is 17.9. The lowest BCUT2D eigenvalue weighted by atomic mass is 9.83. The molecule has 1 aliphatic rings. The van der Waals surface area contributed by atoms with E-state index in [0.29, 0.717) is 13.0 Å². The fraction of sp³-hybridized carbons (Fsp3) is 0.700. The first kappa shape index (κ1) is 31.0. The van der Waals surface area contributed by atoms with E-state index in [1.165, 1.54) is 0 Å². The highest BCUT2D eigenvalue weighted by Gasteiger charge is 2.62. The van der Waals surface area contributed by atoms with Gasteiger partial charge in [0.15, 0.2) is 22.7 Å². The number of hydrogen-bond acceptors (Lipinski definition) is 3. The van der Waals surface area contributed by atoms with Crippen molar-refractivity contribution in [1.29, 1.82) is 0 Å². The molecule has 1 fully saturated rings. The Hall–Kier alpha value is -1.22. The summed E-state index contributed by atoms with van der Waals surface area (Å²) in [6.45, 7) is 29.5. The largest absolute Gasteiger partial charge is 0.408 e. The van der Waals surface area contributed by atoms with Gasteiger partial charge in [-0.05, 0) is 54.7 Å². The molecule has 1 aliphatic heterocycles. The smallest absolute Gasteiger partial charge is 0.254 e. The molecule has 0 spiro atoms. The van der Waals surface area contributed by atoms with Crippen LogP contribution in [0.4, 0.5) is 0 Å². The Morgan fingerprint density at radius 3 is 1.97 bits per heavy atom. The predicted octanol–water partition coefficient (Wildman–Crippen LogP) is 8.31. The highest BCUT2D eigenvalue weighted by atomic mass is 28.4. The molecule has 4 nitrogen and oxygen atoms in total. The Morgan fingerprint density at radius 2 is 1.50 bits per heavy atom. The van der Waals surface area contributed by atoms with E-state index >= 15 is 0 Å². The van der Waals surface area contributed by atoms with Gasteiger partial charge in [0, 0.05) is 6.54 Å². The van der Waals surface area contributed by atoms with Gasteiger partial charge >= 0.3 is 0 Å². The average molecular weight is 532 g/mol. The quantitative estimate of drug-likeness (QED) is 0.213. The molecule has 0 radical (unpaired) electrons. The van der Waals surface area contributed by atoms with Crippen LogP contribution in [-0.4, -0.2) is 45.2 Å². The van der Waals surface area contributed by atoms with Crippen LogP contribution in [-0.2, 0) is 20.2 Å². The van der Waals surface area contributed by atoms with Crippen LogP contribution in [0.3, 0.4) is 0 Å². The summed E-state index contributed by atoms with van der Waals surface area (Å²) in [7, 11) is -4.47. The van der Waals surface area contributed by atoms with Gasteiger partial charge in [-0.3, -0.25) is 4.79 Å². The fourth-order valence-electron chi connectivity index (χ4n) is 4.55. The summed E-state index contributed by atoms with van der Waals surface area (Å²) in [5.74, 6) is 0.0744. The Kier molecular flexibility index (Phi) is 9.70. The SMILES string of the molecule is C=CC[C@]1(CCCC)[C@H](O[Si](C)(C)C(C)(C)C)[C@@H](O[Si](C)(C)C(C)(C)C)C(=O)N1Cc1ccccc1. The first-order valence-corrected chi connectivity index (χ1v) is 19.6. The summed E-state index contributed by atoms with van der Waals surface area (Å²) in [6, 6.07) is 10.3. The molecule has 0 bridgehead atoms. The van der Waals surface area contributed by atoms with E-state index in [0.717, 1.165) is 24.8 Å². The molecule has 2 rings (SSSR count). The second kappa shape index (κ2) is 11.3. The fourth-order valence-corrected chi connectivity index (χ4v) is 7.09. The average Bonchev–Trinajstić information content (AvgIpc) is 2.94. The van der Waals surface area contributed by atoms with Crippen LogP contribution in [0.25, 0.3) is 0 Å². The van der Waals surface area contributed by atoms with Crippen molar-refractivity contribution in [3.8, 4) is 0 Å².